The van der Waals surface area contributed by atoms with Gasteiger partial charge in [0.15, 0.2) is 0 Å². The monoisotopic (exact) mass is 186 g/mol. The van der Waals surface area contributed by atoms with Crippen LogP contribution in [0.4, 0.5) is 0 Å². The molecular weight excluding hydrogens is 172 g/mol. The fourth-order valence-electron chi connectivity index (χ4n) is 1.94. The first-order valence-electron chi connectivity index (χ1n) is 4.54. The zero-order valence-corrected chi connectivity index (χ0v) is 7.99. The van der Waals surface area contributed by atoms with Gasteiger partial charge in [0.1, 0.15) is 5.78 Å². The summed E-state index contributed by atoms with van der Waals surface area (Å²) in [5.41, 5.74) is -0.0411. The molecule has 2 aliphatic rings. The van der Waals surface area contributed by atoms with Crippen molar-refractivity contribution in [3.63, 3.8) is 0 Å². The molecule has 0 saturated carbocycles. The van der Waals surface area contributed by atoms with Gasteiger partial charge in [-0.25, -0.2) is 0 Å². The summed E-state index contributed by atoms with van der Waals surface area (Å²) < 4.78 is 5.74. The number of ketones is 1. The molecular formula is C9H14O2S. The van der Waals surface area contributed by atoms with Crippen LogP contribution in [0.25, 0.3) is 0 Å². The molecule has 0 unspecified atom stereocenters. The average molecular weight is 186 g/mol. The Morgan fingerprint density at radius 3 is 2.75 bits per heavy atom. The lowest BCUT2D eigenvalue weighted by atomic mass is 9.87. The van der Waals surface area contributed by atoms with E-state index in [1.165, 1.54) is 0 Å². The molecule has 0 N–H and O–H groups in total. The second kappa shape index (κ2) is 3.38. The first-order valence-corrected chi connectivity index (χ1v) is 5.70. The first-order chi connectivity index (χ1) is 5.81. The van der Waals surface area contributed by atoms with Gasteiger partial charge in [-0.3, -0.25) is 4.79 Å². The van der Waals surface area contributed by atoms with Crippen molar-refractivity contribution < 1.29 is 9.53 Å². The van der Waals surface area contributed by atoms with E-state index in [1.807, 2.05) is 11.8 Å². The average Bonchev–Trinajstić information content (AvgIpc) is 2.05. The third-order valence-corrected chi connectivity index (χ3v) is 3.70. The molecule has 2 rings (SSSR count). The minimum Gasteiger partial charge on any atom is -0.374 e. The largest absolute Gasteiger partial charge is 0.374 e. The Balaban J connectivity index is 2.02. The lowest BCUT2D eigenvalue weighted by molar-refractivity contribution is -0.141. The lowest BCUT2D eigenvalue weighted by Gasteiger charge is -2.39. The molecule has 0 radical (unpaired) electrons. The Kier molecular flexibility index (Phi) is 2.42. The van der Waals surface area contributed by atoms with Crippen molar-refractivity contribution in [3.05, 3.63) is 0 Å². The van der Waals surface area contributed by atoms with Crippen LogP contribution >= 0.6 is 11.8 Å². The second-order valence-corrected chi connectivity index (χ2v) is 4.83. The summed E-state index contributed by atoms with van der Waals surface area (Å²) in [4.78, 5) is 11.2. The zero-order valence-electron chi connectivity index (χ0n) is 7.17. The van der Waals surface area contributed by atoms with Crippen LogP contribution in [0.15, 0.2) is 0 Å². The number of rotatable bonds is 0. The Morgan fingerprint density at radius 2 is 2.08 bits per heavy atom. The molecule has 0 amide bonds. The van der Waals surface area contributed by atoms with E-state index in [2.05, 4.69) is 0 Å². The zero-order chi connectivity index (χ0) is 8.44. The second-order valence-electron chi connectivity index (χ2n) is 3.61. The van der Waals surface area contributed by atoms with Crippen LogP contribution in [-0.2, 0) is 9.53 Å². The van der Waals surface area contributed by atoms with Gasteiger partial charge < -0.3 is 4.74 Å². The van der Waals surface area contributed by atoms with Gasteiger partial charge in [-0.05, 0) is 24.3 Å². The molecule has 2 aliphatic heterocycles. The summed E-state index contributed by atoms with van der Waals surface area (Å²) >= 11 is 1.97. The Morgan fingerprint density at radius 1 is 1.33 bits per heavy atom. The number of ether oxygens (including phenoxy) is 1. The maximum Gasteiger partial charge on any atom is 0.138 e. The summed E-state index contributed by atoms with van der Waals surface area (Å²) in [6.45, 7) is 0.656. The molecule has 3 heteroatoms. The number of Topliss-reactive ketones (excluding diaryl/α,β-unsaturated/α-hetero) is 1. The van der Waals surface area contributed by atoms with E-state index in [-0.39, 0.29) is 5.60 Å². The highest BCUT2D eigenvalue weighted by Gasteiger charge is 2.37. The van der Waals surface area contributed by atoms with Crippen molar-refractivity contribution in [1.29, 1.82) is 0 Å². The van der Waals surface area contributed by atoms with Crippen LogP contribution in [0, 0.1) is 0 Å². The Labute approximate surface area is 77.0 Å². The molecule has 2 saturated heterocycles. The van der Waals surface area contributed by atoms with Crippen molar-refractivity contribution in [2.24, 2.45) is 0 Å². The molecule has 1 spiro atoms. The van der Waals surface area contributed by atoms with Crippen molar-refractivity contribution in [1.82, 2.24) is 0 Å². The summed E-state index contributed by atoms with van der Waals surface area (Å²) in [7, 11) is 0. The SMILES string of the molecule is O=C1CCOC2(CCSCC2)C1. The van der Waals surface area contributed by atoms with Gasteiger partial charge in [-0.15, -0.1) is 0 Å². The fraction of sp³-hybridized carbons (Fsp3) is 0.889. The van der Waals surface area contributed by atoms with E-state index in [1.54, 1.807) is 0 Å². The number of hydrogen-bond acceptors (Lipinski definition) is 3. The highest BCUT2D eigenvalue weighted by molar-refractivity contribution is 7.99. The van der Waals surface area contributed by atoms with Gasteiger partial charge in [0.05, 0.1) is 12.2 Å². The summed E-state index contributed by atoms with van der Waals surface area (Å²) in [6, 6.07) is 0. The van der Waals surface area contributed by atoms with Gasteiger partial charge in [-0.2, -0.15) is 11.8 Å². The summed E-state index contributed by atoms with van der Waals surface area (Å²) in [6.07, 6.45) is 3.45. The van der Waals surface area contributed by atoms with Crippen molar-refractivity contribution >= 4 is 17.5 Å². The van der Waals surface area contributed by atoms with Crippen molar-refractivity contribution in [2.75, 3.05) is 18.1 Å². The van der Waals surface area contributed by atoms with Crippen LogP contribution in [-0.4, -0.2) is 29.5 Å². The number of hydrogen-bond donors (Lipinski definition) is 0. The molecule has 0 aromatic heterocycles. The highest BCUT2D eigenvalue weighted by Crippen LogP contribution is 2.35. The normalized spacial score (nSPS) is 29.2. The van der Waals surface area contributed by atoms with Gasteiger partial charge in [0, 0.05) is 12.8 Å². The number of carbonyl (C=O) groups is 1. The molecule has 2 heterocycles. The predicted molar refractivity (Wildman–Crippen MR) is 49.5 cm³/mol. The van der Waals surface area contributed by atoms with Crippen LogP contribution in [0.3, 0.4) is 0 Å². The topological polar surface area (TPSA) is 26.3 Å². The summed E-state index contributed by atoms with van der Waals surface area (Å²) in [5, 5.41) is 0. The maximum atomic E-state index is 11.2. The van der Waals surface area contributed by atoms with E-state index in [9.17, 15) is 4.79 Å². The fourth-order valence-corrected chi connectivity index (χ4v) is 3.18. The molecule has 0 aliphatic carbocycles. The van der Waals surface area contributed by atoms with E-state index < -0.39 is 0 Å². The Bertz CT molecular complexity index is 179. The molecule has 0 atom stereocenters. The number of thioether (sulfide) groups is 1. The third kappa shape index (κ3) is 1.67. The minimum atomic E-state index is -0.0411. The smallest absolute Gasteiger partial charge is 0.138 e. The molecule has 68 valence electrons. The number of carbonyl (C=O) groups excluding carboxylic acids is 1. The highest BCUT2D eigenvalue weighted by atomic mass is 32.2. The van der Waals surface area contributed by atoms with Crippen LogP contribution in [0.2, 0.25) is 0 Å². The maximum absolute atomic E-state index is 11.2. The van der Waals surface area contributed by atoms with Crippen molar-refractivity contribution in [2.45, 2.75) is 31.3 Å². The van der Waals surface area contributed by atoms with Crippen LogP contribution < -0.4 is 0 Å². The standard InChI is InChI=1S/C9H14O2S/c10-8-1-4-11-9(7-8)2-5-12-6-3-9/h1-7H2. The quantitative estimate of drug-likeness (QED) is 0.575. The van der Waals surface area contributed by atoms with E-state index >= 15 is 0 Å². The van der Waals surface area contributed by atoms with Gasteiger partial charge in [-0.1, -0.05) is 0 Å². The predicted octanol–water partition coefficient (Wildman–Crippen LogP) is 1.63. The van der Waals surface area contributed by atoms with Gasteiger partial charge in [0.25, 0.3) is 0 Å². The Hall–Kier alpha value is -0.0200. The molecule has 2 fully saturated rings. The minimum absolute atomic E-state index is 0.0411. The van der Waals surface area contributed by atoms with Gasteiger partial charge in [0.2, 0.25) is 0 Å². The molecule has 0 aromatic rings. The molecule has 12 heavy (non-hydrogen) atoms. The summed E-state index contributed by atoms with van der Waals surface area (Å²) in [5.74, 6) is 2.72. The first kappa shape index (κ1) is 8.57. The molecule has 0 bridgehead atoms. The van der Waals surface area contributed by atoms with Crippen LogP contribution in [0.1, 0.15) is 25.7 Å². The third-order valence-electron chi connectivity index (χ3n) is 2.71. The molecule has 0 aromatic carbocycles. The van der Waals surface area contributed by atoms with Crippen molar-refractivity contribution in [3.8, 4) is 0 Å². The van der Waals surface area contributed by atoms with Gasteiger partial charge >= 0.3 is 0 Å². The molecule has 2 nitrogen and oxygen atoms in total. The van der Waals surface area contributed by atoms with E-state index in [4.69, 9.17) is 4.74 Å². The lowest BCUT2D eigenvalue weighted by Crippen LogP contribution is -2.42. The van der Waals surface area contributed by atoms with E-state index in [0.717, 1.165) is 24.3 Å². The van der Waals surface area contributed by atoms with E-state index in [0.29, 0.717) is 25.2 Å². The van der Waals surface area contributed by atoms with Crippen LogP contribution in [0.5, 0.6) is 0 Å².